The summed E-state index contributed by atoms with van der Waals surface area (Å²) >= 11 is 0. The Morgan fingerprint density at radius 1 is 1.53 bits per heavy atom. The Morgan fingerprint density at radius 2 is 2.20 bits per heavy atom. The van der Waals surface area contributed by atoms with Gasteiger partial charge in [-0.2, -0.15) is 0 Å². The Labute approximate surface area is 88.8 Å². The lowest BCUT2D eigenvalue weighted by Crippen LogP contribution is -2.24. The van der Waals surface area contributed by atoms with Gasteiger partial charge in [-0.25, -0.2) is 4.79 Å². The molecule has 0 saturated carbocycles. The number of carbonyl (C=O) groups is 2. The highest BCUT2D eigenvalue weighted by molar-refractivity contribution is 7.35. The van der Waals surface area contributed by atoms with Crippen LogP contribution in [0.25, 0.3) is 0 Å². The molecule has 0 aliphatic carbocycles. The fourth-order valence-corrected chi connectivity index (χ4v) is 1.50. The SMILES string of the molecule is COC(=O)C(=N)C(=O)c1ccn(PC)c1. The Morgan fingerprint density at radius 3 is 2.67 bits per heavy atom. The highest BCUT2D eigenvalue weighted by Gasteiger charge is 2.20. The zero-order valence-electron chi connectivity index (χ0n) is 8.40. The lowest BCUT2D eigenvalue weighted by Gasteiger charge is -1.98. The van der Waals surface area contributed by atoms with Crippen molar-refractivity contribution < 1.29 is 14.3 Å². The fourth-order valence-electron chi connectivity index (χ4n) is 1.01. The predicted molar refractivity (Wildman–Crippen MR) is 58.1 cm³/mol. The van der Waals surface area contributed by atoms with E-state index in [1.807, 2.05) is 11.0 Å². The second kappa shape index (κ2) is 4.84. The molecule has 1 rings (SSSR count). The quantitative estimate of drug-likeness (QED) is 0.273. The summed E-state index contributed by atoms with van der Waals surface area (Å²) in [4.78, 5) is 22.5. The van der Waals surface area contributed by atoms with E-state index in [9.17, 15) is 9.59 Å². The first-order valence-corrected chi connectivity index (χ1v) is 5.62. The minimum atomic E-state index is -0.910. The van der Waals surface area contributed by atoms with Crippen molar-refractivity contribution in [2.24, 2.45) is 0 Å². The Hall–Kier alpha value is -1.48. The summed E-state index contributed by atoms with van der Waals surface area (Å²) in [5, 5.41) is 7.27. The minimum Gasteiger partial charge on any atom is -0.464 e. The maximum Gasteiger partial charge on any atom is 0.360 e. The zero-order chi connectivity index (χ0) is 11.4. The van der Waals surface area contributed by atoms with Crippen LogP contribution in [0, 0.1) is 5.41 Å². The highest BCUT2D eigenvalue weighted by Crippen LogP contribution is 2.12. The number of ketones is 1. The van der Waals surface area contributed by atoms with Crippen molar-refractivity contribution in [2.75, 3.05) is 13.8 Å². The van der Waals surface area contributed by atoms with Crippen LogP contribution >= 0.6 is 8.73 Å². The van der Waals surface area contributed by atoms with E-state index in [1.165, 1.54) is 0 Å². The number of nitrogens with one attached hydrogen (secondary N) is 1. The summed E-state index contributed by atoms with van der Waals surface area (Å²) in [5.41, 5.74) is -0.311. The van der Waals surface area contributed by atoms with Crippen LogP contribution in [0.1, 0.15) is 10.4 Å². The summed E-state index contributed by atoms with van der Waals surface area (Å²) in [6, 6.07) is 1.58. The van der Waals surface area contributed by atoms with Crippen molar-refractivity contribution in [1.82, 2.24) is 4.34 Å². The van der Waals surface area contributed by atoms with E-state index < -0.39 is 17.5 Å². The van der Waals surface area contributed by atoms with Gasteiger partial charge in [0.15, 0.2) is 5.71 Å². The monoisotopic (exact) mass is 226 g/mol. The molecule has 1 heterocycles. The molecule has 0 saturated heterocycles. The van der Waals surface area contributed by atoms with Gasteiger partial charge in [-0.15, -0.1) is 0 Å². The molecule has 6 heteroatoms. The van der Waals surface area contributed by atoms with E-state index in [2.05, 4.69) is 4.74 Å². The van der Waals surface area contributed by atoms with E-state index in [0.717, 1.165) is 7.11 Å². The molecule has 15 heavy (non-hydrogen) atoms. The molecule has 80 valence electrons. The van der Waals surface area contributed by atoms with Gasteiger partial charge >= 0.3 is 5.97 Å². The van der Waals surface area contributed by atoms with Crippen molar-refractivity contribution in [3.8, 4) is 0 Å². The molecule has 1 aromatic rings. The molecule has 0 aromatic carbocycles. The average Bonchev–Trinajstić information content (AvgIpc) is 2.74. The van der Waals surface area contributed by atoms with E-state index in [0.29, 0.717) is 14.3 Å². The third-order valence-electron chi connectivity index (χ3n) is 1.83. The van der Waals surface area contributed by atoms with Crippen molar-refractivity contribution in [3.05, 3.63) is 24.0 Å². The lowest BCUT2D eigenvalue weighted by atomic mass is 10.1. The van der Waals surface area contributed by atoms with Gasteiger partial charge in [0, 0.05) is 18.0 Å². The summed E-state index contributed by atoms with van der Waals surface area (Å²) in [6.07, 6.45) is 3.34. The van der Waals surface area contributed by atoms with Crippen molar-refractivity contribution in [1.29, 1.82) is 5.41 Å². The molecular weight excluding hydrogens is 215 g/mol. The normalized spacial score (nSPS) is 10.5. The molecule has 1 aromatic heterocycles. The van der Waals surface area contributed by atoms with Crippen molar-refractivity contribution in [3.63, 3.8) is 0 Å². The molecule has 0 bridgehead atoms. The summed E-state index contributed by atoms with van der Waals surface area (Å²) in [5.74, 6) is -1.52. The van der Waals surface area contributed by atoms with Gasteiger partial charge in [0.2, 0.25) is 5.78 Å². The summed E-state index contributed by atoms with van der Waals surface area (Å²) < 4.78 is 6.12. The second-order valence-corrected chi connectivity index (χ2v) is 3.69. The second-order valence-electron chi connectivity index (χ2n) is 2.73. The smallest absolute Gasteiger partial charge is 0.360 e. The molecule has 1 unspecified atom stereocenters. The molecule has 5 nitrogen and oxygen atoms in total. The van der Waals surface area contributed by atoms with Gasteiger partial charge in [-0.1, -0.05) is 0 Å². The first-order valence-electron chi connectivity index (χ1n) is 4.17. The van der Waals surface area contributed by atoms with Gasteiger partial charge < -0.3 is 9.07 Å². The van der Waals surface area contributed by atoms with Crippen molar-refractivity contribution >= 4 is 26.2 Å². The number of nitrogens with zero attached hydrogens (tertiary/aromatic N) is 1. The summed E-state index contributed by atoms with van der Waals surface area (Å²) in [6.45, 7) is 1.96. The molecule has 0 amide bonds. The third-order valence-corrected chi connectivity index (χ3v) is 2.62. The number of methoxy groups -OCH3 is 1. The van der Waals surface area contributed by atoms with Crippen LogP contribution in [0.4, 0.5) is 0 Å². The largest absolute Gasteiger partial charge is 0.464 e. The van der Waals surface area contributed by atoms with Crippen LogP contribution in [0.3, 0.4) is 0 Å². The summed E-state index contributed by atoms with van der Waals surface area (Å²) in [7, 11) is 1.65. The molecule has 0 aliphatic heterocycles. The van der Waals surface area contributed by atoms with Gasteiger partial charge in [0.1, 0.15) is 0 Å². The molecule has 1 N–H and O–H groups in total. The molecule has 0 fully saturated rings. The molecule has 0 aliphatic rings. The minimum absolute atomic E-state index is 0.333. The molecule has 1 atom stereocenters. The average molecular weight is 226 g/mol. The number of carbonyl (C=O) groups excluding carboxylic acids is 2. The number of hydrogen-bond acceptors (Lipinski definition) is 4. The van der Waals surface area contributed by atoms with E-state index >= 15 is 0 Å². The van der Waals surface area contributed by atoms with E-state index in [4.69, 9.17) is 5.41 Å². The number of aromatic nitrogens is 1. The van der Waals surface area contributed by atoms with Crippen LogP contribution in [0.15, 0.2) is 18.5 Å². The topological polar surface area (TPSA) is 72.2 Å². The first-order chi connectivity index (χ1) is 7.10. The van der Waals surface area contributed by atoms with E-state index in [-0.39, 0.29) is 0 Å². The number of ether oxygens (including phenoxy) is 1. The molecular formula is C9H11N2O3P. The van der Waals surface area contributed by atoms with Crippen LogP contribution in [-0.4, -0.2) is 35.6 Å². The zero-order valence-corrected chi connectivity index (χ0v) is 9.40. The number of hydrogen-bond donors (Lipinski definition) is 1. The van der Waals surface area contributed by atoms with Gasteiger partial charge in [-0.05, 0) is 21.5 Å². The van der Waals surface area contributed by atoms with Gasteiger partial charge in [0.05, 0.1) is 7.11 Å². The number of esters is 1. The fraction of sp³-hybridized carbons (Fsp3) is 0.222. The van der Waals surface area contributed by atoms with Crippen LogP contribution < -0.4 is 0 Å². The predicted octanol–water partition coefficient (Wildman–Crippen LogP) is 0.935. The molecule has 0 spiro atoms. The van der Waals surface area contributed by atoms with Gasteiger partial charge in [0.25, 0.3) is 0 Å². The third kappa shape index (κ3) is 2.50. The first kappa shape index (κ1) is 11.6. The Bertz CT molecular complexity index is 411. The van der Waals surface area contributed by atoms with Crippen LogP contribution in [0.5, 0.6) is 0 Å². The van der Waals surface area contributed by atoms with Crippen molar-refractivity contribution in [2.45, 2.75) is 0 Å². The molecule has 0 radical (unpaired) electrons. The van der Waals surface area contributed by atoms with Crippen LogP contribution in [-0.2, 0) is 9.53 Å². The Kier molecular flexibility index (Phi) is 3.74. The van der Waals surface area contributed by atoms with Crippen LogP contribution in [0.2, 0.25) is 0 Å². The maximum absolute atomic E-state index is 11.5. The standard InChI is InChI=1S/C9H11N2O3P/c1-14-9(13)7(10)8(12)6-3-4-11(5-6)15-2/h3-5,10,15H,1-2H3. The maximum atomic E-state index is 11.5. The van der Waals surface area contributed by atoms with E-state index in [1.54, 1.807) is 18.5 Å². The number of rotatable bonds is 4. The Balaban J connectivity index is 2.85. The highest BCUT2D eigenvalue weighted by atomic mass is 31.1. The lowest BCUT2D eigenvalue weighted by molar-refractivity contribution is -0.132. The van der Waals surface area contributed by atoms with Gasteiger partial charge in [-0.3, -0.25) is 10.2 Å². The number of Topliss-reactive ketones (excluding diaryl/α,β-unsaturated/α-hetero) is 1.